The molecule has 0 heterocycles. The molecule has 2 atom stereocenters. The molecule has 0 aliphatic rings. The van der Waals surface area contributed by atoms with Crippen molar-refractivity contribution in [3.8, 4) is 0 Å². The lowest BCUT2D eigenvalue weighted by Crippen LogP contribution is -2.38. The van der Waals surface area contributed by atoms with E-state index in [0.29, 0.717) is 5.56 Å². The molecule has 3 N–H and O–H groups in total. The van der Waals surface area contributed by atoms with Gasteiger partial charge in [-0.25, -0.2) is 4.79 Å². The van der Waals surface area contributed by atoms with Crippen LogP contribution >= 0.6 is 12.4 Å². The highest BCUT2D eigenvalue weighted by Gasteiger charge is 2.24. The summed E-state index contributed by atoms with van der Waals surface area (Å²) in [6.45, 7) is 2.21. The lowest BCUT2D eigenvalue weighted by atomic mass is 10.1. The van der Waals surface area contributed by atoms with Gasteiger partial charge in [0.25, 0.3) is 0 Å². The first-order chi connectivity index (χ1) is 10.1. The Kier molecular flexibility index (Phi) is 10.2. The van der Waals surface area contributed by atoms with Crippen LogP contribution in [0.4, 0.5) is 0 Å². The summed E-state index contributed by atoms with van der Waals surface area (Å²) in [5.41, 5.74) is 6.16. The molecule has 0 bridgehead atoms. The summed E-state index contributed by atoms with van der Waals surface area (Å²) in [5.74, 6) is -0.798. The van der Waals surface area contributed by atoms with Crippen molar-refractivity contribution in [3.05, 3.63) is 35.9 Å². The zero-order valence-corrected chi connectivity index (χ0v) is 13.6. The van der Waals surface area contributed by atoms with Crippen LogP contribution in [0.5, 0.6) is 0 Å². The van der Waals surface area contributed by atoms with Gasteiger partial charge in [-0.2, -0.15) is 0 Å². The van der Waals surface area contributed by atoms with Gasteiger partial charge in [-0.15, -0.1) is 12.4 Å². The van der Waals surface area contributed by atoms with E-state index in [1.54, 1.807) is 31.2 Å². The third kappa shape index (κ3) is 6.43. The van der Waals surface area contributed by atoms with Gasteiger partial charge in [-0.1, -0.05) is 30.3 Å². The van der Waals surface area contributed by atoms with Crippen molar-refractivity contribution in [1.82, 2.24) is 5.32 Å². The van der Waals surface area contributed by atoms with E-state index in [9.17, 15) is 9.59 Å². The first kappa shape index (κ1) is 20.4. The first-order valence-electron chi connectivity index (χ1n) is 6.86. The van der Waals surface area contributed by atoms with Gasteiger partial charge < -0.3 is 20.5 Å². The predicted octanol–water partition coefficient (Wildman–Crippen LogP) is 1.19. The van der Waals surface area contributed by atoms with Crippen LogP contribution in [0.15, 0.2) is 30.3 Å². The highest BCUT2D eigenvalue weighted by Crippen LogP contribution is 2.15. The highest BCUT2D eigenvalue weighted by atomic mass is 35.5. The standard InChI is InChI=1S/C15H22N2O4.ClH/c1-3-21-15(19)14(11-7-5-4-6-8-11)17-13(18)9-12(10-16)20-2;/h4-8,12,14H,3,9-10,16H2,1-2H3,(H,17,18);1H/t12?,14-;/m1./s1. The normalized spacial score (nSPS) is 12.7. The Balaban J connectivity index is 0.00000441. The lowest BCUT2D eigenvalue weighted by molar-refractivity contribution is -0.147. The van der Waals surface area contributed by atoms with Crippen LogP contribution in [0.2, 0.25) is 0 Å². The minimum atomic E-state index is -0.825. The average molecular weight is 331 g/mol. The van der Waals surface area contributed by atoms with Crippen molar-refractivity contribution in [1.29, 1.82) is 0 Å². The molecule has 1 unspecified atom stereocenters. The Hall–Kier alpha value is -1.63. The van der Waals surface area contributed by atoms with Crippen LogP contribution in [-0.4, -0.2) is 38.2 Å². The quantitative estimate of drug-likeness (QED) is 0.699. The van der Waals surface area contributed by atoms with E-state index in [1.165, 1.54) is 7.11 Å². The van der Waals surface area contributed by atoms with Crippen molar-refractivity contribution < 1.29 is 19.1 Å². The number of carbonyl (C=O) groups is 2. The minimum absolute atomic E-state index is 0. The Morgan fingerprint density at radius 2 is 1.91 bits per heavy atom. The number of amides is 1. The number of nitrogens with two attached hydrogens (primary N) is 1. The third-order valence-electron chi connectivity index (χ3n) is 2.97. The molecule has 6 nitrogen and oxygen atoms in total. The van der Waals surface area contributed by atoms with Gasteiger partial charge >= 0.3 is 5.97 Å². The summed E-state index contributed by atoms with van der Waals surface area (Å²) in [4.78, 5) is 24.0. The summed E-state index contributed by atoms with van der Waals surface area (Å²) < 4.78 is 10.1. The summed E-state index contributed by atoms with van der Waals surface area (Å²) >= 11 is 0. The Labute approximate surface area is 136 Å². The fraction of sp³-hybridized carbons (Fsp3) is 0.467. The van der Waals surface area contributed by atoms with Crippen LogP contribution in [-0.2, 0) is 19.1 Å². The van der Waals surface area contributed by atoms with Crippen molar-refractivity contribution in [3.63, 3.8) is 0 Å². The smallest absolute Gasteiger partial charge is 0.333 e. The van der Waals surface area contributed by atoms with Crippen LogP contribution in [0.1, 0.15) is 24.9 Å². The first-order valence-corrected chi connectivity index (χ1v) is 6.86. The van der Waals surface area contributed by atoms with E-state index in [2.05, 4.69) is 5.32 Å². The number of nitrogens with one attached hydrogen (secondary N) is 1. The number of esters is 1. The number of ether oxygens (including phenoxy) is 2. The fourth-order valence-electron chi connectivity index (χ4n) is 1.84. The van der Waals surface area contributed by atoms with Gasteiger partial charge in [0.05, 0.1) is 19.1 Å². The maximum Gasteiger partial charge on any atom is 0.333 e. The van der Waals surface area contributed by atoms with Gasteiger partial charge in [0.2, 0.25) is 5.91 Å². The van der Waals surface area contributed by atoms with Crippen molar-refractivity contribution >= 4 is 24.3 Å². The monoisotopic (exact) mass is 330 g/mol. The minimum Gasteiger partial charge on any atom is -0.464 e. The molecule has 0 radical (unpaired) electrons. The molecule has 0 fully saturated rings. The van der Waals surface area contributed by atoms with E-state index in [-0.39, 0.29) is 44.0 Å². The molecule has 124 valence electrons. The molecule has 0 spiro atoms. The van der Waals surface area contributed by atoms with E-state index in [4.69, 9.17) is 15.2 Å². The largest absolute Gasteiger partial charge is 0.464 e. The van der Waals surface area contributed by atoms with E-state index < -0.39 is 12.0 Å². The van der Waals surface area contributed by atoms with Gasteiger partial charge in [0.1, 0.15) is 0 Å². The summed E-state index contributed by atoms with van der Waals surface area (Å²) in [6, 6.07) is 8.13. The third-order valence-corrected chi connectivity index (χ3v) is 2.97. The second kappa shape index (κ2) is 11.0. The maximum atomic E-state index is 12.0. The van der Waals surface area contributed by atoms with Crippen molar-refractivity contribution in [2.45, 2.75) is 25.5 Å². The maximum absolute atomic E-state index is 12.0. The number of hydrogen-bond donors (Lipinski definition) is 2. The molecule has 1 aromatic carbocycles. The molecular weight excluding hydrogens is 308 g/mol. The molecule has 0 aromatic heterocycles. The second-order valence-corrected chi connectivity index (χ2v) is 4.46. The Bertz CT molecular complexity index is 452. The molecule has 1 aromatic rings. The van der Waals surface area contributed by atoms with Gasteiger partial charge in [-0.3, -0.25) is 4.79 Å². The highest BCUT2D eigenvalue weighted by molar-refractivity contribution is 5.86. The van der Waals surface area contributed by atoms with E-state index in [0.717, 1.165) is 0 Å². The fourth-order valence-corrected chi connectivity index (χ4v) is 1.84. The molecule has 22 heavy (non-hydrogen) atoms. The molecule has 0 aliphatic heterocycles. The van der Waals surface area contributed by atoms with E-state index in [1.807, 2.05) is 6.07 Å². The topological polar surface area (TPSA) is 90.7 Å². The van der Waals surface area contributed by atoms with Crippen molar-refractivity contribution in [2.24, 2.45) is 5.73 Å². The number of benzene rings is 1. The zero-order chi connectivity index (χ0) is 15.7. The predicted molar refractivity (Wildman–Crippen MR) is 85.7 cm³/mol. The zero-order valence-electron chi connectivity index (χ0n) is 12.8. The van der Waals surface area contributed by atoms with Gasteiger partial charge in [0, 0.05) is 13.7 Å². The van der Waals surface area contributed by atoms with Gasteiger partial charge in [0.15, 0.2) is 6.04 Å². The molecule has 0 saturated carbocycles. The summed E-state index contributed by atoms with van der Waals surface area (Å²) in [5, 5.41) is 2.67. The number of carbonyl (C=O) groups excluding carboxylic acids is 2. The van der Waals surface area contributed by atoms with Crippen LogP contribution in [0, 0.1) is 0 Å². The number of halogens is 1. The summed E-state index contributed by atoms with van der Waals surface area (Å²) in [6.07, 6.45) is -0.279. The van der Waals surface area contributed by atoms with E-state index >= 15 is 0 Å². The van der Waals surface area contributed by atoms with Crippen molar-refractivity contribution in [2.75, 3.05) is 20.3 Å². The Morgan fingerprint density at radius 3 is 2.41 bits per heavy atom. The van der Waals surface area contributed by atoms with Crippen LogP contribution < -0.4 is 11.1 Å². The Morgan fingerprint density at radius 1 is 1.27 bits per heavy atom. The number of methoxy groups -OCH3 is 1. The van der Waals surface area contributed by atoms with Crippen LogP contribution in [0.25, 0.3) is 0 Å². The average Bonchev–Trinajstić information content (AvgIpc) is 2.51. The second-order valence-electron chi connectivity index (χ2n) is 4.46. The lowest BCUT2D eigenvalue weighted by Gasteiger charge is -2.19. The molecular formula is C15H23ClN2O4. The van der Waals surface area contributed by atoms with Crippen LogP contribution in [0.3, 0.4) is 0 Å². The number of rotatable bonds is 8. The SMILES string of the molecule is CCOC(=O)[C@H](NC(=O)CC(CN)OC)c1ccccc1.Cl. The molecule has 1 rings (SSSR count). The number of hydrogen-bond acceptors (Lipinski definition) is 5. The molecule has 0 saturated heterocycles. The molecule has 1 amide bonds. The summed E-state index contributed by atoms with van der Waals surface area (Å²) in [7, 11) is 1.49. The molecule has 7 heteroatoms. The van der Waals surface area contributed by atoms with Gasteiger partial charge in [-0.05, 0) is 12.5 Å². The molecule has 0 aliphatic carbocycles.